The average molecular weight is 199 g/mol. The first-order chi connectivity index (χ1) is 5.86. The van der Waals surface area contributed by atoms with Crippen molar-refractivity contribution in [3.05, 3.63) is 0 Å². The highest BCUT2D eigenvalue weighted by molar-refractivity contribution is 8.00. The van der Waals surface area contributed by atoms with Crippen molar-refractivity contribution in [1.29, 1.82) is 0 Å². The fourth-order valence-corrected chi connectivity index (χ4v) is 2.52. The Labute approximate surface area is 82.1 Å². The number of carboxylic acid groups (broad SMARTS) is 1. The van der Waals surface area contributed by atoms with Gasteiger partial charge in [-0.1, -0.05) is 0 Å². The summed E-state index contributed by atoms with van der Waals surface area (Å²) in [5.41, 5.74) is 0. The van der Waals surface area contributed by atoms with Crippen LogP contribution >= 0.6 is 11.8 Å². The Morgan fingerprint density at radius 2 is 2.15 bits per heavy atom. The first kappa shape index (κ1) is 10.4. The molecule has 1 aliphatic rings. The third-order valence-corrected chi connectivity index (χ3v) is 3.44. The van der Waals surface area contributed by atoms with Gasteiger partial charge in [0.25, 0.3) is 0 Å². The third-order valence-electron chi connectivity index (χ3n) is 2.06. The fourth-order valence-electron chi connectivity index (χ4n) is 1.39. The summed E-state index contributed by atoms with van der Waals surface area (Å²) < 4.78 is -0.471. The minimum Gasteiger partial charge on any atom is -0.480 e. The SMILES string of the molecule is [B]C(=O)N1CSC(C)(C)C1C(=O)O. The molecule has 1 amide bonds. The maximum Gasteiger partial charge on any atom is 0.327 e. The van der Waals surface area contributed by atoms with Gasteiger partial charge >= 0.3 is 5.97 Å². The summed E-state index contributed by atoms with van der Waals surface area (Å²) in [4.78, 5) is 22.9. The highest BCUT2D eigenvalue weighted by Gasteiger charge is 2.46. The van der Waals surface area contributed by atoms with Gasteiger partial charge in [0.2, 0.25) is 7.85 Å². The van der Waals surface area contributed by atoms with Crippen LogP contribution in [-0.4, -0.2) is 46.3 Å². The monoisotopic (exact) mass is 199 g/mol. The highest BCUT2D eigenvalue weighted by Crippen LogP contribution is 2.39. The second-order valence-electron chi connectivity index (χ2n) is 3.43. The van der Waals surface area contributed by atoms with Crippen molar-refractivity contribution in [2.75, 3.05) is 5.88 Å². The van der Waals surface area contributed by atoms with Crippen LogP contribution in [0.5, 0.6) is 0 Å². The molecule has 0 saturated carbocycles. The van der Waals surface area contributed by atoms with Gasteiger partial charge in [0.1, 0.15) is 6.04 Å². The van der Waals surface area contributed by atoms with E-state index >= 15 is 0 Å². The van der Waals surface area contributed by atoms with Crippen molar-refractivity contribution in [2.45, 2.75) is 24.6 Å². The number of hydrogen-bond acceptors (Lipinski definition) is 3. The zero-order valence-electron chi connectivity index (χ0n) is 7.48. The zero-order valence-corrected chi connectivity index (χ0v) is 8.30. The van der Waals surface area contributed by atoms with Gasteiger partial charge in [-0.3, -0.25) is 4.79 Å². The molecule has 1 fully saturated rings. The van der Waals surface area contributed by atoms with Gasteiger partial charge in [-0.05, 0) is 13.8 Å². The Morgan fingerprint density at radius 1 is 1.62 bits per heavy atom. The lowest BCUT2D eigenvalue weighted by molar-refractivity contribution is -0.142. The van der Waals surface area contributed by atoms with Gasteiger partial charge in [0.15, 0.2) is 5.81 Å². The Morgan fingerprint density at radius 3 is 2.46 bits per heavy atom. The van der Waals surface area contributed by atoms with Crippen LogP contribution in [0.1, 0.15) is 13.8 Å². The quantitative estimate of drug-likeness (QED) is 0.625. The van der Waals surface area contributed by atoms with Gasteiger partial charge < -0.3 is 10.0 Å². The number of carbonyl (C=O) groups excluding carboxylic acids is 1. The van der Waals surface area contributed by atoms with Crippen LogP contribution in [0.3, 0.4) is 0 Å². The number of nitrogens with zero attached hydrogens (tertiary/aromatic N) is 1. The molecular weight excluding hydrogens is 189 g/mol. The first-order valence-electron chi connectivity index (χ1n) is 3.79. The van der Waals surface area contributed by atoms with Gasteiger partial charge in [-0.2, -0.15) is 0 Å². The molecule has 1 atom stereocenters. The number of aliphatic carboxylic acids is 1. The normalized spacial score (nSPS) is 26.0. The molecule has 0 aliphatic carbocycles. The number of carboxylic acids is 1. The van der Waals surface area contributed by atoms with E-state index in [0.717, 1.165) is 0 Å². The van der Waals surface area contributed by atoms with E-state index in [4.69, 9.17) is 13.0 Å². The lowest BCUT2D eigenvalue weighted by Gasteiger charge is -2.27. The van der Waals surface area contributed by atoms with E-state index in [1.54, 1.807) is 13.8 Å². The molecule has 13 heavy (non-hydrogen) atoms. The molecular formula is C7H10BNO3S. The molecule has 0 aromatic rings. The molecule has 70 valence electrons. The van der Waals surface area contributed by atoms with E-state index in [1.165, 1.54) is 16.7 Å². The van der Waals surface area contributed by atoms with E-state index in [-0.39, 0.29) is 0 Å². The Hall–Kier alpha value is -0.645. The van der Waals surface area contributed by atoms with Crippen LogP contribution in [0.25, 0.3) is 0 Å². The minimum absolute atomic E-state index is 0.347. The van der Waals surface area contributed by atoms with Crippen LogP contribution in [0.2, 0.25) is 0 Å². The second-order valence-corrected chi connectivity index (χ2v) is 5.02. The smallest absolute Gasteiger partial charge is 0.327 e. The van der Waals surface area contributed by atoms with Crippen LogP contribution in [0.15, 0.2) is 0 Å². The standard InChI is InChI=1S/C7H10BNO3S/c1-7(2)4(5(10)11)9(3-13-7)6(8)12/h4H,3H2,1-2H3,(H,10,11). The molecule has 0 bridgehead atoms. The third kappa shape index (κ3) is 1.82. The van der Waals surface area contributed by atoms with Crippen molar-refractivity contribution < 1.29 is 14.7 Å². The maximum absolute atomic E-state index is 10.9. The van der Waals surface area contributed by atoms with E-state index in [9.17, 15) is 9.59 Å². The fraction of sp³-hybridized carbons (Fsp3) is 0.714. The lowest BCUT2D eigenvalue weighted by atomic mass is 9.99. The topological polar surface area (TPSA) is 57.6 Å². The van der Waals surface area contributed by atoms with E-state index in [0.29, 0.717) is 5.88 Å². The van der Waals surface area contributed by atoms with E-state index < -0.39 is 22.6 Å². The predicted molar refractivity (Wildman–Crippen MR) is 50.9 cm³/mol. The zero-order chi connectivity index (χ0) is 10.2. The predicted octanol–water partition coefficient (Wildman–Crippen LogP) is 0.513. The van der Waals surface area contributed by atoms with Gasteiger partial charge in [-0.15, -0.1) is 11.8 Å². The van der Waals surface area contributed by atoms with Gasteiger partial charge in [0, 0.05) is 4.75 Å². The number of thioether (sulfide) groups is 1. The summed E-state index contributed by atoms with van der Waals surface area (Å²) in [6.07, 6.45) is 0. The molecule has 2 radical (unpaired) electrons. The maximum atomic E-state index is 10.9. The summed E-state index contributed by atoms with van der Waals surface area (Å²) in [5, 5.41) is 8.91. The Bertz CT molecular complexity index is 256. The van der Waals surface area contributed by atoms with Crippen LogP contribution in [0, 0.1) is 0 Å². The molecule has 0 spiro atoms. The lowest BCUT2D eigenvalue weighted by Crippen LogP contribution is -2.48. The molecule has 1 aliphatic heterocycles. The van der Waals surface area contributed by atoms with Crippen LogP contribution in [0.4, 0.5) is 4.79 Å². The molecule has 0 aromatic carbocycles. The number of hydrogen-bond donors (Lipinski definition) is 1. The Balaban J connectivity index is 2.92. The van der Waals surface area contributed by atoms with E-state index in [1.807, 2.05) is 0 Å². The largest absolute Gasteiger partial charge is 0.480 e. The molecule has 1 rings (SSSR count). The van der Waals surface area contributed by atoms with Gasteiger partial charge in [-0.25, -0.2) is 4.79 Å². The van der Waals surface area contributed by atoms with Crippen LogP contribution in [-0.2, 0) is 4.79 Å². The molecule has 1 N–H and O–H groups in total. The average Bonchev–Trinajstić information content (AvgIpc) is 2.24. The van der Waals surface area contributed by atoms with E-state index in [2.05, 4.69) is 0 Å². The second kappa shape index (κ2) is 3.25. The molecule has 0 aromatic heterocycles. The van der Waals surface area contributed by atoms with Crippen molar-refractivity contribution in [3.8, 4) is 0 Å². The van der Waals surface area contributed by atoms with Crippen molar-refractivity contribution in [2.24, 2.45) is 0 Å². The number of carbonyl (C=O) groups is 2. The molecule has 1 heterocycles. The highest BCUT2D eigenvalue weighted by atomic mass is 32.2. The van der Waals surface area contributed by atoms with Crippen molar-refractivity contribution in [1.82, 2.24) is 4.90 Å². The van der Waals surface area contributed by atoms with Crippen molar-refractivity contribution in [3.63, 3.8) is 0 Å². The molecule has 6 heteroatoms. The number of amides is 1. The minimum atomic E-state index is -1.01. The summed E-state index contributed by atoms with van der Waals surface area (Å²) in [6, 6.07) is -0.824. The molecule has 4 nitrogen and oxygen atoms in total. The summed E-state index contributed by atoms with van der Waals surface area (Å²) in [6.45, 7) is 3.58. The first-order valence-corrected chi connectivity index (χ1v) is 4.77. The Kier molecular flexibility index (Phi) is 2.61. The summed E-state index contributed by atoms with van der Waals surface area (Å²) in [5.74, 6) is -1.33. The summed E-state index contributed by atoms with van der Waals surface area (Å²) in [7, 11) is 5.06. The van der Waals surface area contributed by atoms with Gasteiger partial charge in [0.05, 0.1) is 5.88 Å². The van der Waals surface area contributed by atoms with Crippen LogP contribution < -0.4 is 0 Å². The molecule has 1 unspecified atom stereocenters. The number of rotatable bonds is 1. The van der Waals surface area contributed by atoms with Crippen molar-refractivity contribution >= 4 is 31.4 Å². The summed E-state index contributed by atoms with van der Waals surface area (Å²) >= 11 is 1.42. The molecule has 1 saturated heterocycles.